The van der Waals surface area contributed by atoms with Crippen molar-refractivity contribution in [1.29, 1.82) is 0 Å². The first-order valence-corrected chi connectivity index (χ1v) is 45.9. The number of benzene rings is 6. The molecule has 6 unspecified atom stereocenters. The van der Waals surface area contributed by atoms with E-state index in [1.54, 1.807) is 89.0 Å². The Bertz CT molecular complexity index is 5010. The van der Waals surface area contributed by atoms with Crippen LogP contribution in [0.4, 0.5) is 89.2 Å². The van der Waals surface area contributed by atoms with E-state index >= 15 is 0 Å². The Balaban J connectivity index is 0.000000218. The summed E-state index contributed by atoms with van der Waals surface area (Å²) in [6.45, 7) is 15.3. The summed E-state index contributed by atoms with van der Waals surface area (Å²) in [5.74, 6) is -7.07. The van der Waals surface area contributed by atoms with Crippen LogP contribution in [0.1, 0.15) is 111 Å². The fourth-order valence-electron chi connectivity index (χ4n) is 14.7. The summed E-state index contributed by atoms with van der Waals surface area (Å²) in [6, 6.07) is 24.9. The van der Waals surface area contributed by atoms with E-state index in [1.807, 2.05) is 20.8 Å². The van der Waals surface area contributed by atoms with Gasteiger partial charge < -0.3 is 91.2 Å². The number of methoxy groups -OCH3 is 1. The molecule has 6 saturated heterocycles. The molecule has 6 aromatic rings. The second-order valence-corrected chi connectivity index (χ2v) is 34.5. The van der Waals surface area contributed by atoms with Crippen molar-refractivity contribution in [3.05, 3.63) is 174 Å². The smallest absolute Gasteiger partial charge is 0.409 e. The first-order valence-electron chi connectivity index (χ1n) is 43.7. The van der Waals surface area contributed by atoms with Crippen LogP contribution in [0.5, 0.6) is 0 Å². The van der Waals surface area contributed by atoms with E-state index < -0.39 is 58.9 Å². The van der Waals surface area contributed by atoms with Crippen molar-refractivity contribution in [1.82, 2.24) is 49.8 Å². The lowest BCUT2D eigenvalue weighted by atomic mass is 9.97. The van der Waals surface area contributed by atoms with E-state index in [0.29, 0.717) is 166 Å². The molecule has 8 N–H and O–H groups in total. The quantitative estimate of drug-likeness (QED) is 0.0394. The van der Waals surface area contributed by atoms with Crippen molar-refractivity contribution in [3.63, 3.8) is 0 Å². The highest BCUT2D eigenvalue weighted by Gasteiger charge is 2.36. The molecule has 0 aromatic heterocycles. The SMILES string of the molecule is CCCNC(=O)N1CCCC(C(=O)Nc2ccc(Cl)c(F)c2)C1.CCN(C)C(=O)N1CCCC(C(=O)Nc2ccc(Cl)c(F)c2)C1.CCNC(=O)N1CCCC(C(=O)Nc2ccc(Cl)c(F)c2)C1.CCOC(=O)N1CCCC(C(=O)Nc2cccc(Cl)c2F)C1.CN(C)C(=O)N1CCCC(C(=O)Nc2ccc(Cl)c(F)c2)C1.COC(=O)N1CCCC(C(=O)Nc2cccc(Cl)c2F)C1. The third-order valence-corrected chi connectivity index (χ3v) is 23.8. The minimum Gasteiger partial charge on any atom is -0.453 e. The van der Waals surface area contributed by atoms with Gasteiger partial charge in [0.05, 0.1) is 90.7 Å². The Hall–Kier alpha value is -10.9. The van der Waals surface area contributed by atoms with Crippen molar-refractivity contribution >= 4 is 175 Å². The third kappa shape index (κ3) is 34.5. The maximum absolute atomic E-state index is 13.8. The topological polar surface area (TPSA) is 345 Å². The standard InChI is InChI=1S/2C16H21ClFN3O2.2C15H19ClFN3O2.C15H18ClFN2O3.C14H16ClFN2O3/c1-3-20(2)16(23)21-8-4-5-11(10-21)15(22)19-12-6-7-13(17)14(18)9-12;1-2-7-19-16(23)21-8-3-4-11(10-21)15(22)20-12-5-6-13(17)14(18)9-12;1-19(2)15(22)20-7-3-4-10(9-20)14(21)18-11-5-6-12(16)13(17)8-11;1-2-18-15(22)20-7-3-4-10(9-20)14(21)19-11-5-6-12(16)13(17)8-11;1-2-22-15(21)19-8-4-5-10(9-19)14(20)18-12-7-3-6-11(16)13(12)17;1-21-14(20)18-7-3-4-9(8-18)13(19)17-11-6-2-5-10(15)12(11)16/h6-7,9,11H,3-5,8,10H2,1-2H3,(H,19,22);5-6,9,11H,2-4,7-8,10H2,1H3,(H,19,23)(H,20,22);5-6,8,10H,3-4,7,9H2,1-2H3,(H,18,21);5-6,8,10H,2-4,7,9H2,1H3,(H,18,22)(H,19,21);3,6-7,10H,2,4-5,8-9H2,1H3,(H,18,20);2,5-6,9H,3-4,7-8H2,1H3,(H,17,19). The molecule has 726 valence electrons. The molecule has 6 atom stereocenters. The number of piperidine rings is 6. The Labute approximate surface area is 799 Å². The number of halogens is 12. The Kier molecular flexibility index (Phi) is 45.2. The molecule has 6 aromatic carbocycles. The summed E-state index contributed by atoms with van der Waals surface area (Å²) in [5.41, 5.74) is 1.55. The molecule has 12 rings (SSSR count). The third-order valence-electron chi connectivity index (χ3n) is 22.0. The number of amides is 16. The van der Waals surface area contributed by atoms with Gasteiger partial charge in [0.1, 0.15) is 23.3 Å². The summed E-state index contributed by atoms with van der Waals surface area (Å²) in [6.07, 6.45) is 8.59. The molecule has 0 radical (unpaired) electrons. The average Bonchev–Trinajstić information content (AvgIpc) is 0.854. The van der Waals surface area contributed by atoms with Gasteiger partial charge in [0.2, 0.25) is 35.4 Å². The summed E-state index contributed by atoms with van der Waals surface area (Å²) < 4.78 is 90.8. The van der Waals surface area contributed by atoms with E-state index in [0.717, 1.165) is 32.1 Å². The molecule has 0 saturated carbocycles. The molecular formula is C91H114Cl6F6N16O14. The lowest BCUT2D eigenvalue weighted by molar-refractivity contribution is -0.122. The zero-order valence-electron chi connectivity index (χ0n) is 75.2. The lowest BCUT2D eigenvalue weighted by Gasteiger charge is -2.34. The first kappa shape index (κ1) is 109. The van der Waals surface area contributed by atoms with Gasteiger partial charge in [-0.1, -0.05) is 88.7 Å². The van der Waals surface area contributed by atoms with E-state index in [4.69, 9.17) is 74.3 Å². The molecule has 0 aliphatic carbocycles. The molecule has 0 bridgehead atoms. The highest BCUT2D eigenvalue weighted by Crippen LogP contribution is 2.32. The number of rotatable bonds is 17. The number of carbonyl (C=O) groups is 12. The monoisotopic (exact) mass is 1980 g/mol. The van der Waals surface area contributed by atoms with Crippen molar-refractivity contribution in [2.45, 2.75) is 111 Å². The summed E-state index contributed by atoms with van der Waals surface area (Å²) >= 11 is 33.8. The highest BCUT2D eigenvalue weighted by molar-refractivity contribution is 6.32. The summed E-state index contributed by atoms with van der Waals surface area (Å²) in [4.78, 5) is 158. The lowest BCUT2D eigenvalue weighted by Crippen LogP contribution is -2.48. The van der Waals surface area contributed by atoms with Gasteiger partial charge in [-0.2, -0.15) is 0 Å². The molecule has 42 heteroatoms. The summed E-state index contributed by atoms with van der Waals surface area (Å²) in [5, 5.41) is 21.3. The number of hydrogen-bond donors (Lipinski definition) is 8. The van der Waals surface area contributed by atoms with E-state index in [2.05, 4.69) is 47.3 Å². The normalized spacial score (nSPS) is 17.9. The van der Waals surface area contributed by atoms with Crippen LogP contribution in [-0.4, -0.2) is 244 Å². The molecule has 133 heavy (non-hydrogen) atoms. The molecule has 6 aliphatic heterocycles. The molecule has 6 heterocycles. The number of nitrogens with one attached hydrogen (secondary N) is 8. The molecular weight excluding hydrogens is 1870 g/mol. The number of urea groups is 4. The van der Waals surface area contributed by atoms with Crippen LogP contribution in [0.15, 0.2) is 109 Å². The Morgan fingerprint density at radius 3 is 0.962 bits per heavy atom. The molecule has 16 amide bonds. The zero-order valence-corrected chi connectivity index (χ0v) is 79.7. The molecule has 6 fully saturated rings. The number of anilines is 6. The minimum atomic E-state index is -0.659. The van der Waals surface area contributed by atoms with Gasteiger partial charge in [0.15, 0.2) is 11.6 Å². The van der Waals surface area contributed by atoms with Crippen LogP contribution in [0.25, 0.3) is 0 Å². The maximum Gasteiger partial charge on any atom is 0.409 e. The van der Waals surface area contributed by atoms with Gasteiger partial charge in [-0.05, 0) is 201 Å². The molecule has 6 aliphatic rings. The maximum atomic E-state index is 13.8. The van der Waals surface area contributed by atoms with Gasteiger partial charge in [-0.25, -0.2) is 55.1 Å². The Morgan fingerprint density at radius 2 is 0.662 bits per heavy atom. The Morgan fingerprint density at radius 1 is 0.368 bits per heavy atom. The molecule has 0 spiro atoms. The first-order chi connectivity index (χ1) is 63.4. The van der Waals surface area contributed by atoms with Crippen molar-refractivity contribution in [3.8, 4) is 0 Å². The fourth-order valence-corrected chi connectivity index (χ4v) is 15.6. The van der Waals surface area contributed by atoms with Crippen LogP contribution in [-0.2, 0) is 38.2 Å². The van der Waals surface area contributed by atoms with Crippen LogP contribution in [0, 0.1) is 70.4 Å². The second kappa shape index (κ2) is 55.1. The number of likely N-dealkylation sites (tertiary alicyclic amines) is 6. The molecule has 30 nitrogen and oxygen atoms in total. The van der Waals surface area contributed by atoms with Crippen molar-refractivity contribution in [2.24, 2.45) is 35.5 Å². The van der Waals surface area contributed by atoms with Gasteiger partial charge in [0, 0.05) is 142 Å². The number of hydrogen-bond acceptors (Lipinski definition) is 14. The second-order valence-electron chi connectivity index (χ2n) is 32.1. The van der Waals surface area contributed by atoms with E-state index in [1.165, 1.54) is 94.6 Å². The van der Waals surface area contributed by atoms with Crippen molar-refractivity contribution < 1.29 is 93.4 Å². The predicted octanol–water partition coefficient (Wildman–Crippen LogP) is 18.3. The minimum absolute atomic E-state index is 0.0121. The number of ether oxygens (including phenoxy) is 2. The van der Waals surface area contributed by atoms with E-state index in [-0.39, 0.29) is 138 Å². The van der Waals surface area contributed by atoms with Crippen LogP contribution < -0.4 is 42.5 Å². The zero-order chi connectivity index (χ0) is 97.7. The average molecular weight is 1980 g/mol. The van der Waals surface area contributed by atoms with Gasteiger partial charge in [0.25, 0.3) is 0 Å². The predicted molar refractivity (Wildman–Crippen MR) is 501 cm³/mol. The van der Waals surface area contributed by atoms with Crippen molar-refractivity contribution in [2.75, 3.05) is 165 Å². The van der Waals surface area contributed by atoms with E-state index in [9.17, 15) is 83.9 Å². The number of carbonyl (C=O) groups excluding carboxylic acids is 12. The van der Waals surface area contributed by atoms with Gasteiger partial charge in [-0.15, -0.1) is 0 Å². The fraction of sp³-hybridized carbons (Fsp3) is 0.473. The van der Waals surface area contributed by atoms with Crippen LogP contribution in [0.3, 0.4) is 0 Å². The number of nitrogens with zero attached hydrogens (tertiary/aromatic N) is 8. The summed E-state index contributed by atoms with van der Waals surface area (Å²) in [7, 11) is 6.40. The van der Waals surface area contributed by atoms with Crippen LogP contribution >= 0.6 is 69.6 Å². The van der Waals surface area contributed by atoms with Gasteiger partial charge in [-0.3, -0.25) is 28.8 Å². The largest absolute Gasteiger partial charge is 0.453 e. The van der Waals surface area contributed by atoms with Crippen LogP contribution in [0.2, 0.25) is 30.1 Å². The van der Waals surface area contributed by atoms with Gasteiger partial charge >= 0.3 is 36.3 Å². The highest BCUT2D eigenvalue weighted by atomic mass is 35.5.